The van der Waals surface area contributed by atoms with Gasteiger partial charge < -0.3 is 15.0 Å². The third kappa shape index (κ3) is 5.01. The molecule has 0 radical (unpaired) electrons. The van der Waals surface area contributed by atoms with Gasteiger partial charge in [0, 0.05) is 18.6 Å². The Bertz CT molecular complexity index is 425. The van der Waals surface area contributed by atoms with Crippen molar-refractivity contribution >= 4 is 0 Å². The summed E-state index contributed by atoms with van der Waals surface area (Å²) < 4.78 is 5.31. The van der Waals surface area contributed by atoms with Gasteiger partial charge in [-0.25, -0.2) is 0 Å². The summed E-state index contributed by atoms with van der Waals surface area (Å²) >= 11 is 0. The molecule has 1 aromatic rings. The van der Waals surface area contributed by atoms with Crippen LogP contribution in [0.1, 0.15) is 45.2 Å². The fourth-order valence-corrected chi connectivity index (χ4v) is 3.16. The van der Waals surface area contributed by atoms with Gasteiger partial charge in [-0.1, -0.05) is 26.0 Å². The van der Waals surface area contributed by atoms with Crippen LogP contribution in [0.5, 0.6) is 5.75 Å². The maximum atomic E-state index is 5.31. The number of methoxy groups -OCH3 is 1. The summed E-state index contributed by atoms with van der Waals surface area (Å²) in [6, 6.07) is 9.38. The second-order valence-electron chi connectivity index (χ2n) is 6.63. The zero-order chi connectivity index (χ0) is 15.2. The maximum absolute atomic E-state index is 5.31. The first-order valence-corrected chi connectivity index (χ1v) is 8.21. The Kier molecular flexibility index (Phi) is 6.07. The van der Waals surface area contributed by atoms with E-state index in [-0.39, 0.29) is 0 Å². The maximum Gasteiger partial charge on any atom is 0.119 e. The van der Waals surface area contributed by atoms with Gasteiger partial charge in [0.1, 0.15) is 5.75 Å². The second-order valence-corrected chi connectivity index (χ2v) is 6.63. The van der Waals surface area contributed by atoms with Crippen molar-refractivity contribution in [3.05, 3.63) is 29.8 Å². The first-order chi connectivity index (χ1) is 10.1. The van der Waals surface area contributed by atoms with Gasteiger partial charge in [0.25, 0.3) is 0 Å². The third-order valence-electron chi connectivity index (χ3n) is 4.29. The molecule has 3 heteroatoms. The second kappa shape index (κ2) is 7.81. The number of hydrogen-bond acceptors (Lipinski definition) is 3. The average molecular weight is 290 g/mol. The van der Waals surface area contributed by atoms with Crippen LogP contribution < -0.4 is 10.1 Å². The van der Waals surface area contributed by atoms with Gasteiger partial charge in [0.05, 0.1) is 7.11 Å². The first kappa shape index (κ1) is 16.3. The van der Waals surface area contributed by atoms with Gasteiger partial charge in [-0.3, -0.25) is 0 Å². The van der Waals surface area contributed by atoms with Crippen LogP contribution in [0.3, 0.4) is 0 Å². The minimum Gasteiger partial charge on any atom is -0.497 e. The van der Waals surface area contributed by atoms with Gasteiger partial charge in [0.15, 0.2) is 0 Å². The van der Waals surface area contributed by atoms with Gasteiger partial charge in [-0.15, -0.1) is 0 Å². The van der Waals surface area contributed by atoms with Crippen LogP contribution in [0, 0.1) is 5.92 Å². The number of nitrogens with zero attached hydrogens (tertiary/aromatic N) is 1. The molecule has 1 atom stereocenters. The molecule has 1 fully saturated rings. The number of likely N-dealkylation sites (tertiary alicyclic amines) is 1. The summed E-state index contributed by atoms with van der Waals surface area (Å²) in [4.78, 5) is 2.60. The Morgan fingerprint density at radius 3 is 2.57 bits per heavy atom. The molecule has 1 unspecified atom stereocenters. The molecule has 1 aliphatic heterocycles. The first-order valence-electron chi connectivity index (χ1n) is 8.21. The summed E-state index contributed by atoms with van der Waals surface area (Å²) in [5.41, 5.74) is 1.30. The Balaban J connectivity index is 1.82. The molecule has 0 aliphatic carbocycles. The lowest BCUT2D eigenvalue weighted by molar-refractivity contribution is 0.175. The number of hydrogen-bond donors (Lipinski definition) is 1. The summed E-state index contributed by atoms with van der Waals surface area (Å²) in [5, 5.41) is 3.78. The minimum atomic E-state index is 0.377. The molecule has 1 aromatic carbocycles. The van der Waals surface area contributed by atoms with E-state index in [1.165, 1.54) is 38.0 Å². The summed E-state index contributed by atoms with van der Waals surface area (Å²) in [7, 11) is 1.72. The highest BCUT2D eigenvalue weighted by atomic mass is 16.5. The van der Waals surface area contributed by atoms with Crippen LogP contribution in [0.4, 0.5) is 0 Å². The summed E-state index contributed by atoms with van der Waals surface area (Å²) in [6.45, 7) is 10.5. The normalized spacial score (nSPS) is 18.9. The van der Waals surface area contributed by atoms with Crippen molar-refractivity contribution < 1.29 is 4.74 Å². The van der Waals surface area contributed by atoms with E-state index in [0.717, 1.165) is 11.7 Å². The van der Waals surface area contributed by atoms with E-state index in [2.05, 4.69) is 49.2 Å². The van der Waals surface area contributed by atoms with E-state index in [1.807, 2.05) is 6.07 Å². The Morgan fingerprint density at radius 1 is 1.24 bits per heavy atom. The molecule has 3 nitrogen and oxygen atoms in total. The zero-order valence-electron chi connectivity index (χ0n) is 13.9. The molecule has 0 spiro atoms. The van der Waals surface area contributed by atoms with E-state index in [4.69, 9.17) is 4.74 Å². The highest BCUT2D eigenvalue weighted by Gasteiger charge is 2.21. The molecule has 1 saturated heterocycles. The van der Waals surface area contributed by atoms with Gasteiger partial charge in [-0.05, 0) is 56.5 Å². The molecule has 1 aliphatic rings. The quantitative estimate of drug-likeness (QED) is 0.868. The van der Waals surface area contributed by atoms with E-state index >= 15 is 0 Å². The number of nitrogens with one attached hydrogen (secondary N) is 1. The molecule has 21 heavy (non-hydrogen) atoms. The van der Waals surface area contributed by atoms with Crippen LogP contribution >= 0.6 is 0 Å². The predicted octanol–water partition coefficient (Wildman–Crippen LogP) is 3.47. The van der Waals surface area contributed by atoms with Crippen LogP contribution in [-0.4, -0.2) is 37.7 Å². The number of ether oxygens (including phenoxy) is 1. The molecule has 118 valence electrons. The van der Waals surface area contributed by atoms with Gasteiger partial charge >= 0.3 is 0 Å². The van der Waals surface area contributed by atoms with Crippen LogP contribution in [-0.2, 0) is 0 Å². The minimum absolute atomic E-state index is 0.377. The molecule has 0 saturated carbocycles. The Hall–Kier alpha value is -1.06. The fraction of sp³-hybridized carbons (Fsp3) is 0.667. The lowest BCUT2D eigenvalue weighted by atomic mass is 10.0. The SMILES string of the molecule is COc1cccc(C(C)NC2CCN(CC(C)C)CC2)c1. The summed E-state index contributed by atoms with van der Waals surface area (Å²) in [5.74, 6) is 1.71. The van der Waals surface area contributed by atoms with Gasteiger partial charge in [-0.2, -0.15) is 0 Å². The molecule has 0 amide bonds. The molecule has 1 N–H and O–H groups in total. The van der Waals surface area contributed by atoms with Crippen molar-refractivity contribution in [3.8, 4) is 5.75 Å². The fourth-order valence-electron chi connectivity index (χ4n) is 3.16. The largest absolute Gasteiger partial charge is 0.497 e. The van der Waals surface area contributed by atoms with E-state index in [0.29, 0.717) is 12.1 Å². The Morgan fingerprint density at radius 2 is 1.95 bits per heavy atom. The van der Waals surface area contributed by atoms with Crippen LogP contribution in [0.15, 0.2) is 24.3 Å². The molecule has 0 aromatic heterocycles. The third-order valence-corrected chi connectivity index (χ3v) is 4.29. The van der Waals surface area contributed by atoms with Gasteiger partial charge in [0.2, 0.25) is 0 Å². The highest BCUT2D eigenvalue weighted by Crippen LogP contribution is 2.21. The smallest absolute Gasteiger partial charge is 0.119 e. The van der Waals surface area contributed by atoms with Crippen molar-refractivity contribution in [1.82, 2.24) is 10.2 Å². The Labute approximate surface area is 129 Å². The van der Waals surface area contributed by atoms with Crippen LogP contribution in [0.25, 0.3) is 0 Å². The molecular weight excluding hydrogens is 260 g/mol. The lowest BCUT2D eigenvalue weighted by Gasteiger charge is -2.34. The topological polar surface area (TPSA) is 24.5 Å². The zero-order valence-corrected chi connectivity index (χ0v) is 13.9. The molecule has 1 heterocycles. The predicted molar refractivity (Wildman–Crippen MR) is 88.8 cm³/mol. The van der Waals surface area contributed by atoms with Crippen molar-refractivity contribution in [3.63, 3.8) is 0 Å². The van der Waals surface area contributed by atoms with Crippen molar-refractivity contribution in [1.29, 1.82) is 0 Å². The van der Waals surface area contributed by atoms with Crippen molar-refractivity contribution in [2.24, 2.45) is 5.92 Å². The molecule has 2 rings (SSSR count). The lowest BCUT2D eigenvalue weighted by Crippen LogP contribution is -2.44. The number of benzene rings is 1. The molecular formula is C18H30N2O. The van der Waals surface area contributed by atoms with E-state index < -0.39 is 0 Å². The highest BCUT2D eigenvalue weighted by molar-refractivity contribution is 5.30. The average Bonchev–Trinajstić information content (AvgIpc) is 2.49. The summed E-state index contributed by atoms with van der Waals surface area (Å²) in [6.07, 6.45) is 2.50. The van der Waals surface area contributed by atoms with Crippen molar-refractivity contribution in [2.45, 2.75) is 45.7 Å². The van der Waals surface area contributed by atoms with E-state index in [1.54, 1.807) is 7.11 Å². The van der Waals surface area contributed by atoms with Crippen LogP contribution in [0.2, 0.25) is 0 Å². The van der Waals surface area contributed by atoms with Crippen molar-refractivity contribution in [2.75, 3.05) is 26.7 Å². The molecule has 0 bridgehead atoms. The number of piperidine rings is 1. The monoisotopic (exact) mass is 290 g/mol. The van der Waals surface area contributed by atoms with E-state index in [9.17, 15) is 0 Å². The number of rotatable bonds is 6. The standard InChI is InChI=1S/C18H30N2O/c1-14(2)13-20-10-8-17(9-11-20)19-15(3)16-6-5-7-18(12-16)21-4/h5-7,12,14-15,17,19H,8-11,13H2,1-4H3.